The van der Waals surface area contributed by atoms with Gasteiger partial charge in [-0.1, -0.05) is 0 Å². The molecule has 1 aliphatic heterocycles. The molecule has 11 nitrogen and oxygen atoms in total. The van der Waals surface area contributed by atoms with Gasteiger partial charge in [0.05, 0.1) is 19.1 Å². The normalized spacial score (nSPS) is 21.5. The van der Waals surface area contributed by atoms with Gasteiger partial charge in [-0.05, 0) is 25.1 Å². The first kappa shape index (κ1) is 21.0. The van der Waals surface area contributed by atoms with Gasteiger partial charge >= 0.3 is 0 Å². The molecule has 0 fully saturated rings. The summed E-state index contributed by atoms with van der Waals surface area (Å²) in [5.74, 6) is -0.178. The lowest BCUT2D eigenvalue weighted by Gasteiger charge is -2.49. The van der Waals surface area contributed by atoms with Crippen molar-refractivity contribution < 1.29 is 18.2 Å². The molecule has 2 aromatic heterocycles. The summed E-state index contributed by atoms with van der Waals surface area (Å²) < 4.78 is 41.7. The van der Waals surface area contributed by atoms with Crippen molar-refractivity contribution in [3.05, 3.63) is 42.1 Å². The van der Waals surface area contributed by atoms with Gasteiger partial charge in [0.25, 0.3) is 0 Å². The molecule has 1 aromatic carbocycles. The van der Waals surface area contributed by atoms with Crippen LogP contribution in [0.25, 0.3) is 11.2 Å². The van der Waals surface area contributed by atoms with E-state index in [2.05, 4.69) is 30.2 Å². The van der Waals surface area contributed by atoms with E-state index in [0.717, 1.165) is 4.31 Å². The third-order valence-electron chi connectivity index (χ3n) is 4.94. The van der Waals surface area contributed by atoms with Crippen molar-refractivity contribution in [1.29, 1.82) is 0 Å². The fraction of sp³-hybridized carbons (Fsp3) is 0.278. The molecule has 1 aliphatic rings. The summed E-state index contributed by atoms with van der Waals surface area (Å²) >= 11 is 0. The molecule has 0 amide bonds. The number of hydrogen-bond donors (Lipinski definition) is 4. The van der Waals surface area contributed by atoms with Gasteiger partial charge in [0.1, 0.15) is 17.7 Å². The van der Waals surface area contributed by atoms with Gasteiger partial charge in [-0.25, -0.2) is 28.6 Å². The highest BCUT2D eigenvalue weighted by molar-refractivity contribution is 8.22. The summed E-state index contributed by atoms with van der Waals surface area (Å²) in [6, 6.07) is 4.31. The molecule has 0 saturated carbocycles. The van der Waals surface area contributed by atoms with E-state index in [1.165, 1.54) is 44.9 Å². The number of ether oxygens (including phenoxy) is 1. The number of nitrogens with zero attached hydrogens (tertiary/aromatic N) is 6. The second-order valence-electron chi connectivity index (χ2n) is 7.14. The topological polar surface area (TPSA) is 155 Å². The highest BCUT2D eigenvalue weighted by atomic mass is 32.3. The number of aromatic nitrogens is 4. The molecule has 3 aromatic rings. The first-order valence-corrected chi connectivity index (χ1v) is 10.7. The number of rotatable bonds is 4. The molecule has 1 atom stereocenters. The minimum atomic E-state index is -3.25. The Morgan fingerprint density at radius 2 is 2.06 bits per heavy atom. The van der Waals surface area contributed by atoms with Crippen LogP contribution in [0.1, 0.15) is 12.5 Å². The molecule has 0 bridgehead atoms. The number of halogens is 1. The van der Waals surface area contributed by atoms with Crippen molar-refractivity contribution in [2.24, 2.45) is 10.7 Å². The highest BCUT2D eigenvalue weighted by Gasteiger charge is 2.41. The highest BCUT2D eigenvalue weighted by Crippen LogP contribution is 2.51. The largest absolute Gasteiger partial charge is 0.480 e. The van der Waals surface area contributed by atoms with Crippen LogP contribution in [-0.2, 0) is 5.54 Å². The molecule has 0 unspecified atom stereocenters. The SMILES string of the molecule is COc1cnc2c(Nc3ccc(F)c([C@]4(C)CS(O)(O)N(C)C(N)=N4)c3)ncnc2n1. The third kappa shape index (κ3) is 3.78. The van der Waals surface area contributed by atoms with Crippen LogP contribution in [0.4, 0.5) is 15.9 Å². The summed E-state index contributed by atoms with van der Waals surface area (Å²) in [6.07, 6.45) is 2.76. The maximum atomic E-state index is 14.8. The lowest BCUT2D eigenvalue weighted by Crippen LogP contribution is -2.47. The van der Waals surface area contributed by atoms with E-state index in [4.69, 9.17) is 10.5 Å². The van der Waals surface area contributed by atoms with Crippen molar-refractivity contribution in [2.45, 2.75) is 12.5 Å². The quantitative estimate of drug-likeness (QED) is 0.468. The van der Waals surface area contributed by atoms with Gasteiger partial charge in [-0.15, -0.1) is 10.8 Å². The molecule has 0 spiro atoms. The fourth-order valence-electron chi connectivity index (χ4n) is 3.28. The van der Waals surface area contributed by atoms with Crippen molar-refractivity contribution >= 4 is 39.4 Å². The molecule has 13 heteroatoms. The van der Waals surface area contributed by atoms with E-state index < -0.39 is 22.1 Å². The Bertz CT molecular complexity index is 1190. The summed E-state index contributed by atoms with van der Waals surface area (Å²) in [6.45, 7) is 1.60. The Hall–Kier alpha value is -3.29. The number of anilines is 2. The summed E-state index contributed by atoms with van der Waals surface area (Å²) in [5, 5.41) is 3.08. The van der Waals surface area contributed by atoms with Crippen LogP contribution in [0.5, 0.6) is 5.88 Å². The van der Waals surface area contributed by atoms with Gasteiger partial charge in [0, 0.05) is 18.3 Å². The molecular weight excluding hydrogens is 427 g/mol. The number of guanidine groups is 1. The van der Waals surface area contributed by atoms with E-state index in [1.807, 2.05) is 0 Å². The number of nitrogens with two attached hydrogens (primary N) is 1. The molecule has 0 radical (unpaired) electrons. The van der Waals surface area contributed by atoms with Gasteiger partial charge in [0.15, 0.2) is 17.0 Å². The average molecular weight is 448 g/mol. The lowest BCUT2D eigenvalue weighted by molar-refractivity contribution is 0.391. The summed E-state index contributed by atoms with van der Waals surface area (Å²) in [4.78, 5) is 21.1. The van der Waals surface area contributed by atoms with E-state index >= 15 is 0 Å². The lowest BCUT2D eigenvalue weighted by atomic mass is 9.93. The zero-order valence-electron chi connectivity index (χ0n) is 16.9. The first-order valence-electron chi connectivity index (χ1n) is 9.07. The molecule has 0 saturated heterocycles. The zero-order chi connectivity index (χ0) is 22.4. The minimum Gasteiger partial charge on any atom is -0.480 e. The van der Waals surface area contributed by atoms with Gasteiger partial charge in [-0.2, -0.15) is 4.98 Å². The molecular formula is C18H21FN8O3S. The Labute approximate surface area is 178 Å². The molecule has 31 heavy (non-hydrogen) atoms. The van der Waals surface area contributed by atoms with E-state index in [1.54, 1.807) is 6.92 Å². The molecule has 5 N–H and O–H groups in total. The van der Waals surface area contributed by atoms with Crippen LogP contribution in [0.3, 0.4) is 0 Å². The predicted molar refractivity (Wildman–Crippen MR) is 116 cm³/mol. The van der Waals surface area contributed by atoms with Gasteiger partial charge in [-0.3, -0.25) is 9.11 Å². The Morgan fingerprint density at radius 1 is 1.29 bits per heavy atom. The summed E-state index contributed by atoms with van der Waals surface area (Å²) in [5.41, 5.74) is 5.94. The van der Waals surface area contributed by atoms with E-state index in [0.29, 0.717) is 28.5 Å². The maximum absolute atomic E-state index is 14.8. The van der Waals surface area contributed by atoms with Crippen molar-refractivity contribution in [3.63, 3.8) is 0 Å². The second-order valence-corrected chi connectivity index (χ2v) is 9.25. The smallest absolute Gasteiger partial charge is 0.234 e. The van der Waals surface area contributed by atoms with Crippen LogP contribution in [0.2, 0.25) is 0 Å². The molecule has 4 rings (SSSR count). The Kier molecular flexibility index (Phi) is 5.03. The van der Waals surface area contributed by atoms with Crippen LogP contribution in [0.15, 0.2) is 35.7 Å². The third-order valence-corrected chi connectivity index (χ3v) is 6.95. The molecule has 164 valence electrons. The standard InChI is InChI=1S/C18H21FN8O3S/c1-18(8-31(28,29)27(2)17(20)26-18)11-6-10(4-5-12(11)19)24-15-14-16(23-9-22-15)25-13(30-3)7-21-14/h4-7,9,28-29H,8H2,1-3H3,(H2,20,26)(H,22,23,24,25)/t18-/m0/s1. The Morgan fingerprint density at radius 3 is 2.77 bits per heavy atom. The fourth-order valence-corrected chi connectivity index (χ4v) is 4.79. The number of aliphatic imine (C=N–C) groups is 1. The van der Waals surface area contributed by atoms with Crippen molar-refractivity contribution in [1.82, 2.24) is 24.2 Å². The molecule has 0 aliphatic carbocycles. The number of hydrogen-bond acceptors (Lipinski definition) is 11. The van der Waals surface area contributed by atoms with Crippen LogP contribution in [-0.4, -0.2) is 59.2 Å². The Balaban J connectivity index is 1.74. The number of nitrogens with one attached hydrogen (secondary N) is 1. The molecule has 3 heterocycles. The van der Waals surface area contributed by atoms with Crippen molar-refractivity contribution in [3.8, 4) is 5.88 Å². The number of benzene rings is 1. The minimum absolute atomic E-state index is 0.0856. The second kappa shape index (κ2) is 7.44. The van der Waals surface area contributed by atoms with Gasteiger partial charge < -0.3 is 15.8 Å². The predicted octanol–water partition coefficient (Wildman–Crippen LogP) is 2.45. The summed E-state index contributed by atoms with van der Waals surface area (Å²) in [7, 11) is -0.345. The number of methoxy groups -OCH3 is 1. The van der Waals surface area contributed by atoms with Crippen molar-refractivity contribution in [2.75, 3.05) is 25.2 Å². The van der Waals surface area contributed by atoms with Crippen LogP contribution >= 0.6 is 10.8 Å². The van der Waals surface area contributed by atoms with E-state index in [-0.39, 0.29) is 17.3 Å². The van der Waals surface area contributed by atoms with Crippen LogP contribution < -0.4 is 15.8 Å². The van der Waals surface area contributed by atoms with Gasteiger partial charge in [0.2, 0.25) is 11.8 Å². The monoisotopic (exact) mass is 448 g/mol. The number of fused-ring (bicyclic) bond motifs is 1. The van der Waals surface area contributed by atoms with E-state index in [9.17, 15) is 13.5 Å². The first-order chi connectivity index (χ1) is 14.6. The van der Waals surface area contributed by atoms with Crippen LogP contribution in [0, 0.1) is 5.82 Å². The average Bonchev–Trinajstić information content (AvgIpc) is 2.72. The maximum Gasteiger partial charge on any atom is 0.234 e. The zero-order valence-corrected chi connectivity index (χ0v) is 17.8.